The zero-order valence-electron chi connectivity index (χ0n) is 15.8. The molecule has 0 fully saturated rings. The van der Waals surface area contributed by atoms with Crippen LogP contribution in [0.15, 0.2) is 46.9 Å². The summed E-state index contributed by atoms with van der Waals surface area (Å²) in [6.45, 7) is 3.66. The number of ether oxygens (including phenoxy) is 2. The number of hydrogen-bond acceptors (Lipinski definition) is 6. The summed E-state index contributed by atoms with van der Waals surface area (Å²) in [5.41, 5.74) is 1.97. The largest absolute Gasteiger partial charge is 0.497 e. The number of carbonyl (C=O) groups excluding carboxylic acids is 1. The second-order valence-electron chi connectivity index (χ2n) is 6.32. The van der Waals surface area contributed by atoms with Crippen LogP contribution < -0.4 is 9.47 Å². The van der Waals surface area contributed by atoms with E-state index in [1.165, 1.54) is 5.06 Å². The summed E-state index contributed by atoms with van der Waals surface area (Å²) in [7, 11) is 1.60. The van der Waals surface area contributed by atoms with Crippen LogP contribution in [0.1, 0.15) is 19.4 Å². The third kappa shape index (κ3) is 4.94. The summed E-state index contributed by atoms with van der Waals surface area (Å²) in [5.74, 6) is 0.376. The highest BCUT2D eigenvalue weighted by Crippen LogP contribution is 2.23. The number of hydroxylamine groups is 2. The zero-order valence-corrected chi connectivity index (χ0v) is 16.6. The number of rotatable bonds is 8. The standard InChI is InChI=1S/C20H21ClN2O5/c1-13(2)23(27-11-14-5-4-6-16(9-14)25-3)19(24)12-26-20-22-17-10-15(21)7-8-18(17)28-20/h4-10,13H,11-12H2,1-3H3. The summed E-state index contributed by atoms with van der Waals surface area (Å²) in [5, 5.41) is 1.82. The molecule has 0 aliphatic carbocycles. The van der Waals surface area contributed by atoms with Crippen LogP contribution in [-0.2, 0) is 16.2 Å². The maximum absolute atomic E-state index is 12.5. The predicted octanol–water partition coefficient (Wildman–Crippen LogP) is 4.24. The van der Waals surface area contributed by atoms with E-state index >= 15 is 0 Å². The number of aromatic nitrogens is 1. The van der Waals surface area contributed by atoms with E-state index in [0.717, 1.165) is 11.3 Å². The van der Waals surface area contributed by atoms with Crippen LogP contribution in [-0.4, -0.2) is 35.7 Å². The molecule has 0 aliphatic heterocycles. The van der Waals surface area contributed by atoms with Crippen molar-refractivity contribution >= 4 is 28.6 Å². The lowest BCUT2D eigenvalue weighted by Crippen LogP contribution is -2.39. The molecular weight excluding hydrogens is 384 g/mol. The minimum absolute atomic E-state index is 0.00196. The van der Waals surface area contributed by atoms with Gasteiger partial charge in [0.2, 0.25) is 0 Å². The Morgan fingerprint density at radius 3 is 2.82 bits per heavy atom. The molecule has 28 heavy (non-hydrogen) atoms. The molecule has 7 nitrogen and oxygen atoms in total. The summed E-state index contributed by atoms with van der Waals surface area (Å²) in [6, 6.07) is 12.3. The average molecular weight is 405 g/mol. The molecule has 2 aromatic carbocycles. The van der Waals surface area contributed by atoms with Crippen molar-refractivity contribution in [3.05, 3.63) is 53.1 Å². The summed E-state index contributed by atoms with van der Waals surface area (Å²) in [4.78, 5) is 22.4. The number of halogens is 1. The van der Waals surface area contributed by atoms with E-state index in [1.807, 2.05) is 38.1 Å². The summed E-state index contributed by atoms with van der Waals surface area (Å²) in [6.07, 6.45) is 0.00196. The second kappa shape index (κ2) is 8.95. The smallest absolute Gasteiger partial charge is 0.395 e. The van der Waals surface area contributed by atoms with Gasteiger partial charge in [0.1, 0.15) is 17.9 Å². The second-order valence-corrected chi connectivity index (χ2v) is 6.76. The van der Waals surface area contributed by atoms with Crippen molar-refractivity contribution in [2.24, 2.45) is 0 Å². The van der Waals surface area contributed by atoms with Crippen molar-refractivity contribution in [2.75, 3.05) is 13.7 Å². The number of carbonyl (C=O) groups is 1. The Labute approximate surface area is 167 Å². The Hall–Kier alpha value is -2.77. The van der Waals surface area contributed by atoms with Gasteiger partial charge in [0.05, 0.1) is 13.2 Å². The lowest BCUT2D eigenvalue weighted by molar-refractivity contribution is -0.204. The van der Waals surface area contributed by atoms with Gasteiger partial charge in [-0.15, -0.1) is 0 Å². The highest BCUT2D eigenvalue weighted by molar-refractivity contribution is 6.31. The van der Waals surface area contributed by atoms with E-state index in [2.05, 4.69) is 4.98 Å². The van der Waals surface area contributed by atoms with Gasteiger partial charge in [-0.2, -0.15) is 4.98 Å². The van der Waals surface area contributed by atoms with Gasteiger partial charge in [-0.25, -0.2) is 5.06 Å². The lowest BCUT2D eigenvalue weighted by atomic mass is 10.2. The Morgan fingerprint density at radius 1 is 1.25 bits per heavy atom. The number of fused-ring (bicyclic) bond motifs is 1. The first kappa shape index (κ1) is 20.0. The molecule has 1 aromatic heterocycles. The maximum atomic E-state index is 12.5. The highest BCUT2D eigenvalue weighted by Gasteiger charge is 2.20. The van der Waals surface area contributed by atoms with Gasteiger partial charge in [0, 0.05) is 5.02 Å². The quantitative estimate of drug-likeness (QED) is 0.523. The van der Waals surface area contributed by atoms with E-state index in [0.29, 0.717) is 16.1 Å². The first-order valence-corrected chi connectivity index (χ1v) is 9.11. The lowest BCUT2D eigenvalue weighted by Gasteiger charge is -2.25. The van der Waals surface area contributed by atoms with Gasteiger partial charge in [0.15, 0.2) is 12.2 Å². The Morgan fingerprint density at radius 2 is 2.07 bits per heavy atom. The number of benzene rings is 2. The molecule has 0 spiro atoms. The molecule has 0 atom stereocenters. The number of amides is 1. The predicted molar refractivity (Wildman–Crippen MR) is 104 cm³/mol. The molecule has 0 bridgehead atoms. The summed E-state index contributed by atoms with van der Waals surface area (Å²) < 4.78 is 16.0. The molecule has 1 heterocycles. The number of hydrogen-bond donors (Lipinski definition) is 0. The number of nitrogens with zero attached hydrogens (tertiary/aromatic N) is 2. The van der Waals surface area contributed by atoms with Crippen molar-refractivity contribution in [2.45, 2.75) is 26.5 Å². The number of methoxy groups -OCH3 is 1. The third-order valence-corrected chi connectivity index (χ3v) is 4.10. The molecule has 3 rings (SSSR count). The molecule has 8 heteroatoms. The van der Waals surface area contributed by atoms with E-state index in [9.17, 15) is 4.79 Å². The molecule has 0 saturated heterocycles. The highest BCUT2D eigenvalue weighted by atomic mass is 35.5. The minimum atomic E-state index is -0.349. The topological polar surface area (TPSA) is 74.0 Å². The van der Waals surface area contributed by atoms with E-state index < -0.39 is 0 Å². The molecule has 0 aliphatic rings. The molecule has 0 unspecified atom stereocenters. The van der Waals surface area contributed by atoms with Crippen LogP contribution in [0.4, 0.5) is 0 Å². The Balaban J connectivity index is 1.60. The van der Waals surface area contributed by atoms with Crippen molar-refractivity contribution in [3.8, 4) is 11.8 Å². The van der Waals surface area contributed by atoms with Crippen LogP contribution in [0.5, 0.6) is 11.8 Å². The van der Waals surface area contributed by atoms with Crippen molar-refractivity contribution in [1.29, 1.82) is 0 Å². The molecule has 3 aromatic rings. The molecule has 0 radical (unpaired) electrons. The maximum Gasteiger partial charge on any atom is 0.395 e. The van der Waals surface area contributed by atoms with Crippen LogP contribution >= 0.6 is 11.6 Å². The molecule has 1 amide bonds. The van der Waals surface area contributed by atoms with Crippen LogP contribution in [0.3, 0.4) is 0 Å². The first-order valence-electron chi connectivity index (χ1n) is 8.73. The van der Waals surface area contributed by atoms with E-state index in [4.69, 9.17) is 30.3 Å². The van der Waals surface area contributed by atoms with E-state index in [1.54, 1.807) is 25.3 Å². The van der Waals surface area contributed by atoms with Gasteiger partial charge < -0.3 is 13.9 Å². The fourth-order valence-electron chi connectivity index (χ4n) is 2.54. The van der Waals surface area contributed by atoms with Crippen molar-refractivity contribution in [3.63, 3.8) is 0 Å². The van der Waals surface area contributed by atoms with Crippen molar-refractivity contribution in [1.82, 2.24) is 10.0 Å². The first-order chi connectivity index (χ1) is 13.5. The molecule has 0 N–H and O–H groups in total. The minimum Gasteiger partial charge on any atom is -0.497 e. The molecular formula is C20H21ClN2O5. The monoisotopic (exact) mass is 404 g/mol. The molecule has 148 valence electrons. The van der Waals surface area contributed by atoms with E-state index in [-0.39, 0.29) is 31.2 Å². The van der Waals surface area contributed by atoms with Crippen LogP contribution in [0.25, 0.3) is 11.1 Å². The van der Waals surface area contributed by atoms with Gasteiger partial charge in [-0.1, -0.05) is 23.7 Å². The van der Waals surface area contributed by atoms with Gasteiger partial charge in [-0.05, 0) is 49.7 Å². The zero-order chi connectivity index (χ0) is 20.1. The SMILES string of the molecule is COc1cccc(CON(C(=O)COc2nc3cc(Cl)ccc3o2)C(C)C)c1. The number of oxazole rings is 1. The van der Waals surface area contributed by atoms with Gasteiger partial charge >= 0.3 is 6.08 Å². The fraction of sp³-hybridized carbons (Fsp3) is 0.300. The summed E-state index contributed by atoms with van der Waals surface area (Å²) >= 11 is 5.93. The normalized spacial score (nSPS) is 11.0. The van der Waals surface area contributed by atoms with Gasteiger partial charge in [-0.3, -0.25) is 9.63 Å². The van der Waals surface area contributed by atoms with Crippen LogP contribution in [0.2, 0.25) is 5.02 Å². The fourth-order valence-corrected chi connectivity index (χ4v) is 2.71. The third-order valence-electron chi connectivity index (χ3n) is 3.87. The van der Waals surface area contributed by atoms with Crippen LogP contribution in [0, 0.1) is 0 Å². The average Bonchev–Trinajstić information content (AvgIpc) is 3.08. The van der Waals surface area contributed by atoms with Gasteiger partial charge in [0.25, 0.3) is 5.91 Å². The molecule has 0 saturated carbocycles. The Bertz CT molecular complexity index is 957. The Kier molecular flexibility index (Phi) is 6.38. The van der Waals surface area contributed by atoms with Crippen molar-refractivity contribution < 1.29 is 23.5 Å².